The molecule has 26 heavy (non-hydrogen) atoms. The van der Waals surface area contributed by atoms with E-state index in [2.05, 4.69) is 25.1 Å². The van der Waals surface area contributed by atoms with Crippen molar-refractivity contribution in [2.24, 2.45) is 0 Å². The van der Waals surface area contributed by atoms with Crippen molar-refractivity contribution >= 4 is 17.4 Å². The Balaban J connectivity index is 1.57. The van der Waals surface area contributed by atoms with E-state index in [9.17, 15) is 4.79 Å². The second-order valence-electron chi connectivity index (χ2n) is 6.23. The summed E-state index contributed by atoms with van der Waals surface area (Å²) in [5.41, 5.74) is 0.785. The predicted molar refractivity (Wildman–Crippen MR) is 102 cm³/mol. The van der Waals surface area contributed by atoms with E-state index in [1.165, 1.54) is 0 Å². The smallest absolute Gasteiger partial charge is 0.241 e. The Morgan fingerprint density at radius 1 is 1.19 bits per heavy atom. The van der Waals surface area contributed by atoms with Crippen LogP contribution in [0.25, 0.3) is 0 Å². The highest BCUT2D eigenvalue weighted by Crippen LogP contribution is 2.18. The number of benzene rings is 1. The number of anilines is 2. The molecule has 1 aliphatic rings. The number of hydrogen-bond acceptors (Lipinski definition) is 6. The summed E-state index contributed by atoms with van der Waals surface area (Å²) in [6.07, 6.45) is 5.94. The molecule has 1 saturated heterocycles. The van der Waals surface area contributed by atoms with Gasteiger partial charge in [0.05, 0.1) is 19.3 Å². The molecule has 0 aliphatic carbocycles. The third-order valence-electron chi connectivity index (χ3n) is 4.68. The van der Waals surface area contributed by atoms with Crippen LogP contribution in [0.5, 0.6) is 5.75 Å². The molecule has 0 saturated carbocycles. The molecule has 1 aromatic heterocycles. The lowest BCUT2D eigenvalue weighted by molar-refractivity contribution is -0.121. The molecule has 7 nitrogen and oxygen atoms in total. The normalized spacial score (nSPS) is 16.2. The van der Waals surface area contributed by atoms with Crippen LogP contribution in [-0.2, 0) is 4.79 Å². The van der Waals surface area contributed by atoms with Crippen molar-refractivity contribution in [1.82, 2.24) is 14.9 Å². The lowest BCUT2D eigenvalue weighted by atomic mass is 10.1. The van der Waals surface area contributed by atoms with Gasteiger partial charge in [-0.1, -0.05) is 6.92 Å². The fourth-order valence-corrected chi connectivity index (χ4v) is 3.23. The summed E-state index contributed by atoms with van der Waals surface area (Å²) in [4.78, 5) is 25.7. The Morgan fingerprint density at radius 3 is 2.50 bits per heavy atom. The largest absolute Gasteiger partial charge is 0.497 e. The monoisotopic (exact) mass is 355 g/mol. The molecular weight excluding hydrogens is 330 g/mol. The number of carbonyl (C=O) groups is 1. The van der Waals surface area contributed by atoms with Gasteiger partial charge in [0.15, 0.2) is 0 Å². The second-order valence-corrected chi connectivity index (χ2v) is 6.23. The Hall–Kier alpha value is -2.67. The molecule has 1 N–H and O–H groups in total. The van der Waals surface area contributed by atoms with Gasteiger partial charge in [0, 0.05) is 44.3 Å². The van der Waals surface area contributed by atoms with Crippen molar-refractivity contribution < 1.29 is 9.53 Å². The van der Waals surface area contributed by atoms with Gasteiger partial charge < -0.3 is 15.0 Å². The summed E-state index contributed by atoms with van der Waals surface area (Å²) >= 11 is 0. The summed E-state index contributed by atoms with van der Waals surface area (Å²) in [6.45, 7) is 5.37. The van der Waals surface area contributed by atoms with Gasteiger partial charge in [-0.05, 0) is 30.7 Å². The molecule has 1 aliphatic heterocycles. The van der Waals surface area contributed by atoms with E-state index >= 15 is 0 Å². The fourth-order valence-electron chi connectivity index (χ4n) is 3.23. The first-order chi connectivity index (χ1) is 12.7. The molecule has 1 atom stereocenters. The molecule has 3 rings (SSSR count). The number of methoxy groups -OCH3 is 1. The van der Waals surface area contributed by atoms with Crippen LogP contribution in [0, 0.1) is 0 Å². The zero-order valence-corrected chi connectivity index (χ0v) is 15.3. The second kappa shape index (κ2) is 8.62. The van der Waals surface area contributed by atoms with E-state index < -0.39 is 0 Å². The van der Waals surface area contributed by atoms with Crippen LogP contribution in [0.3, 0.4) is 0 Å². The van der Waals surface area contributed by atoms with Crippen LogP contribution in [-0.4, -0.2) is 60.1 Å². The predicted octanol–water partition coefficient (Wildman–Crippen LogP) is 2.02. The molecule has 2 heterocycles. The summed E-state index contributed by atoms with van der Waals surface area (Å²) < 4.78 is 5.15. The lowest BCUT2D eigenvalue weighted by Gasteiger charge is -2.38. The Morgan fingerprint density at radius 2 is 1.92 bits per heavy atom. The van der Waals surface area contributed by atoms with Gasteiger partial charge in [-0.15, -0.1) is 0 Å². The van der Waals surface area contributed by atoms with E-state index in [-0.39, 0.29) is 11.9 Å². The number of hydrogen-bond donors (Lipinski definition) is 1. The quantitative estimate of drug-likeness (QED) is 0.855. The molecule has 0 radical (unpaired) electrons. The first kappa shape index (κ1) is 18.1. The maximum atomic E-state index is 12.7. The Labute approximate surface area is 154 Å². The van der Waals surface area contributed by atoms with Gasteiger partial charge in [0.1, 0.15) is 11.6 Å². The Kier molecular flexibility index (Phi) is 6.01. The number of carbonyl (C=O) groups excluding carboxylic acids is 1. The van der Waals surface area contributed by atoms with Gasteiger partial charge in [0.2, 0.25) is 5.91 Å². The maximum Gasteiger partial charge on any atom is 0.241 e. The average Bonchev–Trinajstić information content (AvgIpc) is 2.70. The Bertz CT molecular complexity index is 700. The van der Waals surface area contributed by atoms with Crippen molar-refractivity contribution in [2.45, 2.75) is 19.4 Å². The standard InChI is InChI=1S/C19H25N5O2/c1-3-17(19(25)22-15-4-6-16(26-2)7-5-15)23-10-12-24(13-11-23)18-14-20-8-9-21-18/h4-9,14,17H,3,10-13H2,1-2H3,(H,22,25)/t17-/m0/s1. The number of aromatic nitrogens is 2. The van der Waals surface area contributed by atoms with Gasteiger partial charge >= 0.3 is 0 Å². The van der Waals surface area contributed by atoms with Gasteiger partial charge in [-0.2, -0.15) is 0 Å². The molecule has 1 amide bonds. The first-order valence-electron chi connectivity index (χ1n) is 8.91. The van der Waals surface area contributed by atoms with E-state index in [1.54, 1.807) is 25.7 Å². The maximum absolute atomic E-state index is 12.7. The van der Waals surface area contributed by atoms with E-state index in [0.717, 1.165) is 49.9 Å². The molecular formula is C19H25N5O2. The molecule has 1 fully saturated rings. The number of piperazine rings is 1. The summed E-state index contributed by atoms with van der Waals surface area (Å²) in [5, 5.41) is 3.01. The van der Waals surface area contributed by atoms with Crippen LogP contribution in [0.15, 0.2) is 42.9 Å². The van der Waals surface area contributed by atoms with Crippen molar-refractivity contribution in [3.05, 3.63) is 42.9 Å². The topological polar surface area (TPSA) is 70.6 Å². The minimum absolute atomic E-state index is 0.0330. The van der Waals surface area contributed by atoms with Crippen molar-refractivity contribution in [3.63, 3.8) is 0 Å². The van der Waals surface area contributed by atoms with Crippen LogP contribution < -0.4 is 15.0 Å². The molecule has 7 heteroatoms. The summed E-state index contributed by atoms with van der Waals surface area (Å²) in [6, 6.07) is 7.26. The van der Waals surface area contributed by atoms with Gasteiger partial charge in [0.25, 0.3) is 0 Å². The molecule has 138 valence electrons. The highest BCUT2D eigenvalue weighted by atomic mass is 16.5. The highest BCUT2D eigenvalue weighted by Gasteiger charge is 2.28. The van der Waals surface area contributed by atoms with E-state index in [0.29, 0.717) is 0 Å². The lowest BCUT2D eigenvalue weighted by Crippen LogP contribution is -2.53. The third kappa shape index (κ3) is 4.29. The molecule has 0 spiro atoms. The number of nitrogens with one attached hydrogen (secondary N) is 1. The van der Waals surface area contributed by atoms with Crippen molar-refractivity contribution in [3.8, 4) is 5.75 Å². The number of amides is 1. The first-order valence-corrected chi connectivity index (χ1v) is 8.91. The van der Waals surface area contributed by atoms with Gasteiger partial charge in [-0.3, -0.25) is 14.7 Å². The minimum atomic E-state index is -0.138. The molecule has 0 bridgehead atoms. The average molecular weight is 355 g/mol. The number of nitrogens with zero attached hydrogens (tertiary/aromatic N) is 4. The van der Waals surface area contributed by atoms with Crippen LogP contribution >= 0.6 is 0 Å². The van der Waals surface area contributed by atoms with Gasteiger partial charge in [-0.25, -0.2) is 4.98 Å². The minimum Gasteiger partial charge on any atom is -0.497 e. The zero-order valence-electron chi connectivity index (χ0n) is 15.3. The highest BCUT2D eigenvalue weighted by molar-refractivity contribution is 5.94. The van der Waals surface area contributed by atoms with E-state index in [4.69, 9.17) is 4.74 Å². The fraction of sp³-hybridized carbons (Fsp3) is 0.421. The van der Waals surface area contributed by atoms with Crippen molar-refractivity contribution in [2.75, 3.05) is 43.5 Å². The third-order valence-corrected chi connectivity index (χ3v) is 4.68. The van der Waals surface area contributed by atoms with Crippen molar-refractivity contribution in [1.29, 1.82) is 0 Å². The van der Waals surface area contributed by atoms with Crippen LogP contribution in [0.1, 0.15) is 13.3 Å². The summed E-state index contributed by atoms with van der Waals surface area (Å²) in [7, 11) is 1.63. The SMILES string of the molecule is CC[C@@H](C(=O)Nc1ccc(OC)cc1)N1CCN(c2cnccn2)CC1. The number of rotatable bonds is 6. The molecule has 2 aromatic rings. The van der Waals surface area contributed by atoms with E-state index in [1.807, 2.05) is 31.2 Å². The molecule has 1 aromatic carbocycles. The number of ether oxygens (including phenoxy) is 1. The summed E-state index contributed by atoms with van der Waals surface area (Å²) in [5.74, 6) is 1.70. The molecule has 0 unspecified atom stereocenters. The van der Waals surface area contributed by atoms with Crippen LogP contribution in [0.4, 0.5) is 11.5 Å². The zero-order chi connectivity index (χ0) is 18.4. The van der Waals surface area contributed by atoms with Crippen LogP contribution in [0.2, 0.25) is 0 Å².